The Bertz CT molecular complexity index is 508. The van der Waals surface area contributed by atoms with Crippen molar-refractivity contribution < 1.29 is 0 Å². The molecule has 1 aromatic heterocycles. The largest absolute Gasteiger partial charge is 0.317 e. The van der Waals surface area contributed by atoms with Gasteiger partial charge in [-0.1, -0.05) is 18.2 Å². The molecule has 1 aliphatic rings. The Hall–Kier alpha value is -1.41. The van der Waals surface area contributed by atoms with Crippen LogP contribution in [-0.4, -0.2) is 18.1 Å². The van der Waals surface area contributed by atoms with Crippen LogP contribution in [0.2, 0.25) is 0 Å². The summed E-state index contributed by atoms with van der Waals surface area (Å²) in [5, 5.41) is 4.82. The Kier molecular flexibility index (Phi) is 3.56. The molecule has 1 saturated heterocycles. The van der Waals surface area contributed by atoms with E-state index in [-0.39, 0.29) is 0 Å². The van der Waals surface area contributed by atoms with Crippen molar-refractivity contribution in [2.24, 2.45) is 5.92 Å². The first kappa shape index (κ1) is 11.7. The number of aromatic nitrogens is 1. The normalized spacial score (nSPS) is 20.8. The van der Waals surface area contributed by atoms with E-state index >= 15 is 0 Å². The molecule has 1 fully saturated rings. The van der Waals surface area contributed by atoms with Crippen molar-refractivity contribution >= 4 is 10.9 Å². The highest BCUT2D eigenvalue weighted by Crippen LogP contribution is 2.24. The lowest BCUT2D eigenvalue weighted by Crippen LogP contribution is -2.14. The number of benzene rings is 1. The van der Waals surface area contributed by atoms with Crippen molar-refractivity contribution in [3.05, 3.63) is 42.1 Å². The number of hydrogen-bond acceptors (Lipinski definition) is 2. The third kappa shape index (κ3) is 2.54. The van der Waals surface area contributed by atoms with Gasteiger partial charge in [0, 0.05) is 11.6 Å². The molecule has 2 heterocycles. The Balaban J connectivity index is 1.85. The topological polar surface area (TPSA) is 24.9 Å². The molecule has 0 radical (unpaired) electrons. The summed E-state index contributed by atoms with van der Waals surface area (Å²) in [6.45, 7) is 2.36. The fourth-order valence-electron chi connectivity index (χ4n) is 2.95. The molecular weight excluding hydrogens is 220 g/mol. The van der Waals surface area contributed by atoms with Crippen molar-refractivity contribution in [3.8, 4) is 0 Å². The number of fused-ring (bicyclic) bond motifs is 1. The molecule has 1 N–H and O–H groups in total. The number of rotatable bonds is 2. The van der Waals surface area contributed by atoms with Crippen LogP contribution in [0.1, 0.15) is 24.8 Å². The monoisotopic (exact) mass is 240 g/mol. The van der Waals surface area contributed by atoms with Crippen LogP contribution in [0.4, 0.5) is 0 Å². The molecule has 1 aliphatic heterocycles. The van der Waals surface area contributed by atoms with Gasteiger partial charge in [0.15, 0.2) is 0 Å². The van der Waals surface area contributed by atoms with E-state index in [2.05, 4.69) is 34.6 Å². The Labute approximate surface area is 108 Å². The summed E-state index contributed by atoms with van der Waals surface area (Å²) in [5.74, 6) is 0.825. The second-order valence-electron chi connectivity index (χ2n) is 5.24. The van der Waals surface area contributed by atoms with Crippen LogP contribution in [0.15, 0.2) is 36.5 Å². The first-order chi connectivity index (χ1) is 8.93. The standard InChI is InChI=1S/C16H20N2/c1-5-14(12-13-4-2-9-17-11-8-13)15-6-3-10-18-16(15)7-1/h1,3,5-7,10,13,17H,2,4,8-9,11-12H2/t13-/m0/s1. The van der Waals surface area contributed by atoms with Crippen molar-refractivity contribution in [3.63, 3.8) is 0 Å². The minimum atomic E-state index is 0.825. The number of hydrogen-bond donors (Lipinski definition) is 1. The smallest absolute Gasteiger partial charge is 0.0704 e. The van der Waals surface area contributed by atoms with Gasteiger partial charge in [-0.05, 0) is 62.4 Å². The summed E-state index contributed by atoms with van der Waals surface area (Å²) < 4.78 is 0. The third-order valence-corrected chi connectivity index (χ3v) is 3.94. The van der Waals surface area contributed by atoms with E-state index in [0.29, 0.717) is 0 Å². The van der Waals surface area contributed by atoms with Gasteiger partial charge in [-0.15, -0.1) is 0 Å². The second-order valence-corrected chi connectivity index (χ2v) is 5.24. The lowest BCUT2D eigenvalue weighted by Gasteiger charge is -2.15. The first-order valence-corrected chi connectivity index (χ1v) is 6.97. The average Bonchev–Trinajstić information content (AvgIpc) is 2.68. The molecule has 2 nitrogen and oxygen atoms in total. The van der Waals surface area contributed by atoms with Crippen LogP contribution in [0.3, 0.4) is 0 Å². The minimum Gasteiger partial charge on any atom is -0.317 e. The molecule has 3 rings (SSSR count). The Morgan fingerprint density at radius 2 is 2.11 bits per heavy atom. The lowest BCUT2D eigenvalue weighted by atomic mass is 9.91. The van der Waals surface area contributed by atoms with Gasteiger partial charge in [-0.3, -0.25) is 4.98 Å². The van der Waals surface area contributed by atoms with Crippen LogP contribution in [0, 0.1) is 5.92 Å². The molecule has 0 aliphatic carbocycles. The molecule has 18 heavy (non-hydrogen) atoms. The second kappa shape index (κ2) is 5.49. The van der Waals surface area contributed by atoms with Gasteiger partial charge >= 0.3 is 0 Å². The molecule has 2 heteroatoms. The summed E-state index contributed by atoms with van der Waals surface area (Å²) >= 11 is 0. The summed E-state index contributed by atoms with van der Waals surface area (Å²) in [6, 6.07) is 10.8. The van der Waals surface area contributed by atoms with Gasteiger partial charge in [0.1, 0.15) is 0 Å². The van der Waals surface area contributed by atoms with Gasteiger partial charge in [0.2, 0.25) is 0 Å². The highest BCUT2D eigenvalue weighted by molar-refractivity contribution is 5.81. The zero-order valence-corrected chi connectivity index (χ0v) is 10.7. The summed E-state index contributed by atoms with van der Waals surface area (Å²) in [4.78, 5) is 4.44. The molecule has 1 atom stereocenters. The SMILES string of the molecule is c1cc(C[C@H]2CCCNCC2)c2cccnc2c1. The molecule has 0 saturated carbocycles. The van der Waals surface area contributed by atoms with Crippen LogP contribution in [-0.2, 0) is 6.42 Å². The fraction of sp³-hybridized carbons (Fsp3) is 0.438. The Morgan fingerprint density at radius 3 is 3.11 bits per heavy atom. The number of pyridine rings is 1. The first-order valence-electron chi connectivity index (χ1n) is 6.97. The zero-order chi connectivity index (χ0) is 12.2. The van der Waals surface area contributed by atoms with Crippen LogP contribution >= 0.6 is 0 Å². The summed E-state index contributed by atoms with van der Waals surface area (Å²) in [5.41, 5.74) is 2.59. The van der Waals surface area contributed by atoms with E-state index in [1.165, 1.54) is 49.7 Å². The van der Waals surface area contributed by atoms with E-state index in [1.54, 1.807) is 0 Å². The fourth-order valence-corrected chi connectivity index (χ4v) is 2.95. The average molecular weight is 240 g/mol. The van der Waals surface area contributed by atoms with Crippen molar-refractivity contribution in [2.75, 3.05) is 13.1 Å². The van der Waals surface area contributed by atoms with Gasteiger partial charge in [0.05, 0.1) is 5.52 Å². The van der Waals surface area contributed by atoms with E-state index in [1.807, 2.05) is 12.3 Å². The maximum absolute atomic E-state index is 4.44. The predicted molar refractivity (Wildman–Crippen MR) is 75.7 cm³/mol. The molecule has 0 bridgehead atoms. The van der Waals surface area contributed by atoms with Crippen molar-refractivity contribution in [1.29, 1.82) is 0 Å². The van der Waals surface area contributed by atoms with Gasteiger partial charge in [0.25, 0.3) is 0 Å². The highest BCUT2D eigenvalue weighted by atomic mass is 14.8. The van der Waals surface area contributed by atoms with Gasteiger partial charge in [-0.25, -0.2) is 0 Å². The predicted octanol–water partition coefficient (Wildman–Crippen LogP) is 3.17. The summed E-state index contributed by atoms with van der Waals surface area (Å²) in [6.07, 6.45) is 7.04. The Morgan fingerprint density at radius 1 is 1.11 bits per heavy atom. The maximum atomic E-state index is 4.44. The number of nitrogens with zero attached hydrogens (tertiary/aromatic N) is 1. The lowest BCUT2D eigenvalue weighted by molar-refractivity contribution is 0.471. The molecule has 1 aromatic carbocycles. The van der Waals surface area contributed by atoms with Crippen LogP contribution in [0.5, 0.6) is 0 Å². The molecule has 0 spiro atoms. The molecule has 0 unspecified atom stereocenters. The van der Waals surface area contributed by atoms with Crippen LogP contribution < -0.4 is 5.32 Å². The van der Waals surface area contributed by atoms with E-state index in [9.17, 15) is 0 Å². The van der Waals surface area contributed by atoms with Crippen molar-refractivity contribution in [1.82, 2.24) is 10.3 Å². The summed E-state index contributed by atoms with van der Waals surface area (Å²) in [7, 11) is 0. The van der Waals surface area contributed by atoms with E-state index in [4.69, 9.17) is 0 Å². The molecule has 2 aromatic rings. The molecule has 94 valence electrons. The van der Waals surface area contributed by atoms with Gasteiger partial charge in [-0.2, -0.15) is 0 Å². The maximum Gasteiger partial charge on any atom is 0.0704 e. The highest BCUT2D eigenvalue weighted by Gasteiger charge is 2.13. The minimum absolute atomic E-state index is 0.825. The van der Waals surface area contributed by atoms with E-state index in [0.717, 1.165) is 11.4 Å². The zero-order valence-electron chi connectivity index (χ0n) is 10.7. The van der Waals surface area contributed by atoms with Gasteiger partial charge < -0.3 is 5.32 Å². The third-order valence-electron chi connectivity index (χ3n) is 3.94. The quantitative estimate of drug-likeness (QED) is 0.872. The number of nitrogens with one attached hydrogen (secondary N) is 1. The van der Waals surface area contributed by atoms with E-state index < -0.39 is 0 Å². The van der Waals surface area contributed by atoms with Crippen molar-refractivity contribution in [2.45, 2.75) is 25.7 Å². The van der Waals surface area contributed by atoms with Crippen LogP contribution in [0.25, 0.3) is 10.9 Å². The molecule has 0 amide bonds. The molecular formula is C16H20N2.